The van der Waals surface area contributed by atoms with Crippen molar-refractivity contribution in [2.45, 2.75) is 64.7 Å². The van der Waals surface area contributed by atoms with Crippen LogP contribution in [-0.4, -0.2) is 25.5 Å². The van der Waals surface area contributed by atoms with Crippen molar-refractivity contribution in [1.29, 1.82) is 0 Å². The summed E-state index contributed by atoms with van der Waals surface area (Å²) in [6.45, 7) is 3.54. The van der Waals surface area contributed by atoms with E-state index in [0.717, 1.165) is 0 Å². The molecule has 0 fully saturated rings. The van der Waals surface area contributed by atoms with Gasteiger partial charge in [-0.3, -0.25) is 0 Å². The average Bonchev–Trinajstić information content (AvgIpc) is 2.15. The van der Waals surface area contributed by atoms with E-state index in [-0.39, 0.29) is 12.4 Å². The summed E-state index contributed by atoms with van der Waals surface area (Å²) in [5, 5.41) is 0. The molecule has 0 aliphatic rings. The van der Waals surface area contributed by atoms with E-state index in [9.17, 15) is 0 Å². The lowest BCUT2D eigenvalue weighted by molar-refractivity contribution is 0.389. The number of rotatable bonds is 10. The van der Waals surface area contributed by atoms with Crippen molar-refractivity contribution in [3.05, 3.63) is 0 Å². The Labute approximate surface area is 103 Å². The molecule has 0 saturated heterocycles. The summed E-state index contributed by atoms with van der Waals surface area (Å²) in [4.78, 5) is 2.28. The van der Waals surface area contributed by atoms with Crippen LogP contribution in [-0.2, 0) is 0 Å². The Morgan fingerprint density at radius 2 is 1.07 bits per heavy atom. The Bertz CT molecular complexity index is 105. The second-order valence-corrected chi connectivity index (χ2v) is 4.63. The first-order valence-corrected chi connectivity index (χ1v) is 6.42. The van der Waals surface area contributed by atoms with E-state index >= 15 is 0 Å². The largest absolute Gasteiger partial charge is 0.309 e. The maximum Gasteiger partial charge on any atom is -0.00248 e. The first kappa shape index (κ1) is 17.6. The van der Waals surface area contributed by atoms with Gasteiger partial charge in [-0.2, -0.15) is 0 Å². The van der Waals surface area contributed by atoms with Crippen LogP contribution in [0.3, 0.4) is 0 Å². The fourth-order valence-corrected chi connectivity index (χ4v) is 1.74. The van der Waals surface area contributed by atoms with Crippen LogP contribution >= 0.6 is 12.4 Å². The fourth-order valence-electron chi connectivity index (χ4n) is 1.74. The summed E-state index contributed by atoms with van der Waals surface area (Å²) < 4.78 is 0. The third-order valence-corrected chi connectivity index (χ3v) is 2.71. The smallest absolute Gasteiger partial charge is 0.00248 e. The molecule has 0 rings (SSSR count). The molecule has 0 spiro atoms. The standard InChI is InChI=1S/C13H29N.ClH/c1-4-5-6-7-8-9-10-11-12-13-14(2)3;/h4-13H2,1-3H3;1H. The van der Waals surface area contributed by atoms with E-state index in [1.54, 1.807) is 0 Å². The van der Waals surface area contributed by atoms with Crippen molar-refractivity contribution in [3.63, 3.8) is 0 Å². The van der Waals surface area contributed by atoms with Crippen LogP contribution in [0.4, 0.5) is 0 Å². The van der Waals surface area contributed by atoms with Crippen LogP contribution in [0, 0.1) is 0 Å². The zero-order valence-electron chi connectivity index (χ0n) is 10.9. The van der Waals surface area contributed by atoms with Crippen molar-refractivity contribution >= 4 is 12.4 Å². The third-order valence-electron chi connectivity index (χ3n) is 2.71. The Balaban J connectivity index is 0. The Kier molecular flexibility index (Phi) is 16.8. The molecule has 0 unspecified atom stereocenters. The quantitative estimate of drug-likeness (QED) is 0.504. The Hall–Kier alpha value is 0.250. The Morgan fingerprint density at radius 3 is 1.47 bits per heavy atom. The maximum absolute atomic E-state index is 2.28. The van der Waals surface area contributed by atoms with Crippen LogP contribution in [0.1, 0.15) is 64.7 Å². The van der Waals surface area contributed by atoms with Crippen molar-refractivity contribution < 1.29 is 0 Å². The van der Waals surface area contributed by atoms with E-state index in [0.29, 0.717) is 0 Å². The summed E-state index contributed by atoms with van der Waals surface area (Å²) in [5.74, 6) is 0. The molecule has 0 aromatic rings. The van der Waals surface area contributed by atoms with Crippen molar-refractivity contribution in [3.8, 4) is 0 Å². The SMILES string of the molecule is CCCCCCCCCCCN(C)C.Cl. The molecule has 1 nitrogen and oxygen atoms in total. The molecule has 0 bridgehead atoms. The van der Waals surface area contributed by atoms with Crippen LogP contribution in [0.15, 0.2) is 0 Å². The topological polar surface area (TPSA) is 3.24 Å². The van der Waals surface area contributed by atoms with Gasteiger partial charge in [0.25, 0.3) is 0 Å². The zero-order valence-corrected chi connectivity index (χ0v) is 11.7. The minimum absolute atomic E-state index is 0. The van der Waals surface area contributed by atoms with Gasteiger partial charge in [-0.1, -0.05) is 58.3 Å². The fraction of sp³-hybridized carbons (Fsp3) is 1.00. The van der Waals surface area contributed by atoms with Gasteiger partial charge in [-0.25, -0.2) is 0 Å². The highest BCUT2D eigenvalue weighted by atomic mass is 35.5. The lowest BCUT2D eigenvalue weighted by Crippen LogP contribution is -2.12. The molecule has 0 aromatic carbocycles. The summed E-state index contributed by atoms with van der Waals surface area (Å²) in [6.07, 6.45) is 12.9. The van der Waals surface area contributed by atoms with Crippen molar-refractivity contribution in [2.75, 3.05) is 20.6 Å². The first-order valence-electron chi connectivity index (χ1n) is 6.42. The van der Waals surface area contributed by atoms with Gasteiger partial charge in [0, 0.05) is 0 Å². The van der Waals surface area contributed by atoms with Gasteiger partial charge in [0.15, 0.2) is 0 Å². The molecule has 0 radical (unpaired) electrons. The number of hydrogen-bond acceptors (Lipinski definition) is 1. The molecule has 0 saturated carbocycles. The zero-order chi connectivity index (χ0) is 10.6. The van der Waals surface area contributed by atoms with E-state index in [1.807, 2.05) is 0 Å². The van der Waals surface area contributed by atoms with E-state index in [1.165, 1.54) is 64.3 Å². The highest BCUT2D eigenvalue weighted by molar-refractivity contribution is 5.85. The summed E-state index contributed by atoms with van der Waals surface area (Å²) in [6, 6.07) is 0. The molecule has 15 heavy (non-hydrogen) atoms. The molecule has 0 heterocycles. The molecule has 94 valence electrons. The monoisotopic (exact) mass is 235 g/mol. The molecular formula is C13H30ClN. The third kappa shape index (κ3) is 16.9. The predicted molar refractivity (Wildman–Crippen MR) is 73.0 cm³/mol. The second kappa shape index (κ2) is 14.2. The van der Waals surface area contributed by atoms with Gasteiger partial charge in [-0.15, -0.1) is 12.4 Å². The summed E-state index contributed by atoms with van der Waals surface area (Å²) >= 11 is 0. The van der Waals surface area contributed by atoms with Gasteiger partial charge in [0.05, 0.1) is 0 Å². The molecule has 0 aliphatic heterocycles. The second-order valence-electron chi connectivity index (χ2n) is 4.63. The van der Waals surface area contributed by atoms with Crippen molar-refractivity contribution in [1.82, 2.24) is 4.90 Å². The van der Waals surface area contributed by atoms with Crippen LogP contribution in [0.2, 0.25) is 0 Å². The van der Waals surface area contributed by atoms with E-state index < -0.39 is 0 Å². The lowest BCUT2D eigenvalue weighted by Gasteiger charge is -2.08. The normalized spacial score (nSPS) is 10.4. The minimum Gasteiger partial charge on any atom is -0.309 e. The first-order chi connectivity index (χ1) is 6.77. The average molecular weight is 236 g/mol. The molecular weight excluding hydrogens is 206 g/mol. The number of nitrogens with zero attached hydrogens (tertiary/aromatic N) is 1. The van der Waals surface area contributed by atoms with E-state index in [2.05, 4.69) is 25.9 Å². The van der Waals surface area contributed by atoms with Crippen molar-refractivity contribution in [2.24, 2.45) is 0 Å². The maximum atomic E-state index is 2.28. The van der Waals surface area contributed by atoms with Gasteiger partial charge in [0.2, 0.25) is 0 Å². The summed E-state index contributed by atoms with van der Waals surface area (Å²) in [7, 11) is 4.31. The number of hydrogen-bond donors (Lipinski definition) is 0. The molecule has 0 N–H and O–H groups in total. The molecule has 0 atom stereocenters. The van der Waals surface area contributed by atoms with Crippen LogP contribution in [0.5, 0.6) is 0 Å². The number of halogens is 1. The highest BCUT2D eigenvalue weighted by Gasteiger charge is 1.92. The highest BCUT2D eigenvalue weighted by Crippen LogP contribution is 2.09. The lowest BCUT2D eigenvalue weighted by atomic mass is 10.1. The van der Waals surface area contributed by atoms with Gasteiger partial charge >= 0.3 is 0 Å². The summed E-state index contributed by atoms with van der Waals surface area (Å²) in [5.41, 5.74) is 0. The van der Waals surface area contributed by atoms with E-state index in [4.69, 9.17) is 0 Å². The predicted octanol–water partition coefficient (Wildman–Crippen LogP) is 4.50. The number of unbranched alkanes of at least 4 members (excludes halogenated alkanes) is 8. The van der Waals surface area contributed by atoms with Crippen LogP contribution in [0.25, 0.3) is 0 Å². The molecule has 0 aliphatic carbocycles. The molecule has 0 amide bonds. The van der Waals surface area contributed by atoms with Gasteiger partial charge in [0.1, 0.15) is 0 Å². The van der Waals surface area contributed by atoms with Crippen LogP contribution < -0.4 is 0 Å². The minimum atomic E-state index is 0. The van der Waals surface area contributed by atoms with Gasteiger partial charge < -0.3 is 4.90 Å². The molecule has 2 heteroatoms. The molecule has 0 aromatic heterocycles. The van der Waals surface area contributed by atoms with Gasteiger partial charge in [-0.05, 0) is 27.1 Å². The Morgan fingerprint density at radius 1 is 0.667 bits per heavy atom.